The van der Waals surface area contributed by atoms with E-state index in [0.29, 0.717) is 6.04 Å². The van der Waals surface area contributed by atoms with Crippen molar-refractivity contribution in [3.63, 3.8) is 0 Å². The van der Waals surface area contributed by atoms with Gasteiger partial charge in [-0.3, -0.25) is 4.90 Å². The Bertz CT molecular complexity index is 338. The molecule has 0 amide bonds. The number of nitrogens with zero attached hydrogens (tertiary/aromatic N) is 1. The fourth-order valence-corrected chi connectivity index (χ4v) is 2.26. The Balaban J connectivity index is 2.11. The van der Waals surface area contributed by atoms with Gasteiger partial charge in [0, 0.05) is 19.1 Å². The first kappa shape index (κ1) is 11.6. The van der Waals surface area contributed by atoms with Crippen molar-refractivity contribution in [2.45, 2.75) is 39.3 Å². The van der Waals surface area contributed by atoms with E-state index in [1.807, 2.05) is 0 Å². The van der Waals surface area contributed by atoms with E-state index in [2.05, 4.69) is 36.9 Å². The summed E-state index contributed by atoms with van der Waals surface area (Å²) in [6.07, 6.45) is 2.59. The molecule has 1 aromatic carbocycles. The Morgan fingerprint density at radius 3 is 2.38 bits per heavy atom. The number of hydrogen-bond acceptors (Lipinski definition) is 2. The monoisotopic (exact) mass is 219 g/mol. The van der Waals surface area contributed by atoms with E-state index < -0.39 is 0 Å². The van der Waals surface area contributed by atoms with E-state index in [1.165, 1.54) is 29.5 Å². The van der Waals surface area contributed by atoms with E-state index in [-0.39, 0.29) is 6.61 Å². The smallest absolute Gasteiger partial charge is 0.0558 e. The van der Waals surface area contributed by atoms with Crippen molar-refractivity contribution in [3.05, 3.63) is 34.9 Å². The van der Waals surface area contributed by atoms with Crippen molar-refractivity contribution < 1.29 is 5.11 Å². The molecule has 1 aromatic rings. The Kier molecular flexibility index (Phi) is 3.62. The third-order valence-electron chi connectivity index (χ3n) is 3.46. The molecule has 88 valence electrons. The van der Waals surface area contributed by atoms with Gasteiger partial charge < -0.3 is 5.11 Å². The lowest BCUT2D eigenvalue weighted by Gasteiger charge is -2.23. The molecule has 0 bridgehead atoms. The molecule has 0 radical (unpaired) electrons. The predicted octanol–water partition coefficient (Wildman–Crippen LogP) is 2.26. The van der Waals surface area contributed by atoms with Gasteiger partial charge in [-0.25, -0.2) is 0 Å². The van der Waals surface area contributed by atoms with Gasteiger partial charge in [-0.15, -0.1) is 0 Å². The van der Waals surface area contributed by atoms with Crippen LogP contribution in [0.25, 0.3) is 0 Å². The summed E-state index contributed by atoms with van der Waals surface area (Å²) >= 11 is 0. The van der Waals surface area contributed by atoms with Crippen LogP contribution in [0.5, 0.6) is 0 Å². The highest BCUT2D eigenvalue weighted by atomic mass is 16.3. The molecule has 16 heavy (non-hydrogen) atoms. The minimum Gasteiger partial charge on any atom is -0.395 e. The second-order valence-corrected chi connectivity index (χ2v) is 4.80. The fraction of sp³-hybridized carbons (Fsp3) is 0.571. The predicted molar refractivity (Wildman–Crippen MR) is 66.4 cm³/mol. The second kappa shape index (κ2) is 4.98. The van der Waals surface area contributed by atoms with Gasteiger partial charge in [0.1, 0.15) is 0 Å². The minimum absolute atomic E-state index is 0.265. The zero-order valence-corrected chi connectivity index (χ0v) is 10.2. The molecule has 0 aliphatic heterocycles. The molecule has 1 N–H and O–H groups in total. The molecule has 0 heterocycles. The summed E-state index contributed by atoms with van der Waals surface area (Å²) in [5, 5.41) is 9.09. The zero-order chi connectivity index (χ0) is 11.5. The van der Waals surface area contributed by atoms with E-state index >= 15 is 0 Å². The molecule has 0 atom stereocenters. The van der Waals surface area contributed by atoms with E-state index in [9.17, 15) is 0 Å². The van der Waals surface area contributed by atoms with Crippen LogP contribution in [0.1, 0.15) is 29.5 Å². The topological polar surface area (TPSA) is 23.5 Å². The van der Waals surface area contributed by atoms with Crippen LogP contribution in [-0.2, 0) is 6.54 Å². The average molecular weight is 219 g/mol. The zero-order valence-electron chi connectivity index (χ0n) is 10.2. The van der Waals surface area contributed by atoms with Crippen LogP contribution < -0.4 is 0 Å². The molecule has 0 unspecified atom stereocenters. The molecule has 2 rings (SSSR count). The lowest BCUT2D eigenvalue weighted by molar-refractivity contribution is 0.183. The second-order valence-electron chi connectivity index (χ2n) is 4.80. The Labute approximate surface area is 97.9 Å². The molecule has 1 saturated carbocycles. The molecule has 2 heteroatoms. The molecule has 1 aliphatic carbocycles. The highest BCUT2D eigenvalue weighted by Gasteiger charge is 2.28. The van der Waals surface area contributed by atoms with Crippen molar-refractivity contribution in [1.82, 2.24) is 4.90 Å². The van der Waals surface area contributed by atoms with E-state index in [1.54, 1.807) is 0 Å². The van der Waals surface area contributed by atoms with E-state index in [0.717, 1.165) is 13.1 Å². The van der Waals surface area contributed by atoms with Crippen molar-refractivity contribution >= 4 is 0 Å². The fourth-order valence-electron chi connectivity index (χ4n) is 2.26. The standard InChI is InChI=1S/C14H21NO/c1-11-4-3-5-12(2)14(11)10-15(8-9-16)13-6-7-13/h3-5,13,16H,6-10H2,1-2H3. The molecule has 2 nitrogen and oxygen atoms in total. The third kappa shape index (κ3) is 2.63. The van der Waals surface area contributed by atoms with Gasteiger partial charge in [-0.1, -0.05) is 18.2 Å². The summed E-state index contributed by atoms with van der Waals surface area (Å²) in [7, 11) is 0. The van der Waals surface area contributed by atoms with Gasteiger partial charge >= 0.3 is 0 Å². The number of rotatable bonds is 5. The van der Waals surface area contributed by atoms with Crippen LogP contribution in [-0.4, -0.2) is 29.2 Å². The van der Waals surface area contributed by atoms with Crippen LogP contribution in [0.3, 0.4) is 0 Å². The van der Waals surface area contributed by atoms with Crippen molar-refractivity contribution in [2.75, 3.05) is 13.2 Å². The molecule has 0 spiro atoms. The quantitative estimate of drug-likeness (QED) is 0.821. The maximum atomic E-state index is 9.09. The van der Waals surface area contributed by atoms with Crippen LogP contribution in [0.4, 0.5) is 0 Å². The lowest BCUT2D eigenvalue weighted by atomic mass is 10.0. The molecule has 1 aliphatic rings. The van der Waals surface area contributed by atoms with Gasteiger partial charge in [-0.2, -0.15) is 0 Å². The number of aryl methyl sites for hydroxylation is 2. The summed E-state index contributed by atoms with van der Waals surface area (Å²) in [5.41, 5.74) is 4.16. The SMILES string of the molecule is Cc1cccc(C)c1CN(CCO)C1CC1. The lowest BCUT2D eigenvalue weighted by Crippen LogP contribution is -2.29. The van der Waals surface area contributed by atoms with Crippen LogP contribution in [0.2, 0.25) is 0 Å². The van der Waals surface area contributed by atoms with Crippen LogP contribution >= 0.6 is 0 Å². The summed E-state index contributed by atoms with van der Waals surface area (Å²) < 4.78 is 0. The molecular weight excluding hydrogens is 198 g/mol. The van der Waals surface area contributed by atoms with E-state index in [4.69, 9.17) is 5.11 Å². The first-order valence-corrected chi connectivity index (χ1v) is 6.12. The Hall–Kier alpha value is -0.860. The number of aliphatic hydroxyl groups excluding tert-OH is 1. The number of aliphatic hydroxyl groups is 1. The average Bonchev–Trinajstić information content (AvgIpc) is 3.06. The Morgan fingerprint density at radius 2 is 1.88 bits per heavy atom. The normalized spacial score (nSPS) is 15.8. The van der Waals surface area contributed by atoms with Crippen LogP contribution in [0.15, 0.2) is 18.2 Å². The third-order valence-corrected chi connectivity index (χ3v) is 3.46. The van der Waals surface area contributed by atoms with Crippen LogP contribution in [0, 0.1) is 13.8 Å². The van der Waals surface area contributed by atoms with Crippen molar-refractivity contribution in [2.24, 2.45) is 0 Å². The summed E-state index contributed by atoms with van der Waals surface area (Å²) in [4.78, 5) is 2.41. The highest BCUT2D eigenvalue weighted by Crippen LogP contribution is 2.29. The molecule has 0 aromatic heterocycles. The molecular formula is C14H21NO. The summed E-state index contributed by atoms with van der Waals surface area (Å²) in [5.74, 6) is 0. The van der Waals surface area contributed by atoms with Crippen molar-refractivity contribution in [1.29, 1.82) is 0 Å². The number of benzene rings is 1. The van der Waals surface area contributed by atoms with Gasteiger partial charge in [0.05, 0.1) is 6.61 Å². The molecule has 1 fully saturated rings. The summed E-state index contributed by atoms with van der Waals surface area (Å²) in [6, 6.07) is 7.17. The maximum absolute atomic E-state index is 9.09. The largest absolute Gasteiger partial charge is 0.395 e. The number of hydrogen-bond donors (Lipinski definition) is 1. The highest BCUT2D eigenvalue weighted by molar-refractivity contribution is 5.33. The van der Waals surface area contributed by atoms with Gasteiger partial charge in [0.25, 0.3) is 0 Å². The summed E-state index contributed by atoms with van der Waals surface area (Å²) in [6.45, 7) is 6.41. The molecule has 0 saturated heterocycles. The maximum Gasteiger partial charge on any atom is 0.0558 e. The first-order valence-electron chi connectivity index (χ1n) is 6.12. The first-order chi connectivity index (χ1) is 7.72. The van der Waals surface area contributed by atoms with Gasteiger partial charge in [0.15, 0.2) is 0 Å². The van der Waals surface area contributed by atoms with Gasteiger partial charge in [-0.05, 0) is 43.4 Å². The van der Waals surface area contributed by atoms with Gasteiger partial charge in [0.2, 0.25) is 0 Å². The Morgan fingerprint density at radius 1 is 1.25 bits per heavy atom. The van der Waals surface area contributed by atoms with Crippen molar-refractivity contribution in [3.8, 4) is 0 Å². The minimum atomic E-state index is 0.265.